The molecule has 0 aliphatic carbocycles. The van der Waals surface area contributed by atoms with Gasteiger partial charge in [0.05, 0.1) is 12.0 Å². The number of halogens is 3. The first-order valence-corrected chi connectivity index (χ1v) is 10.6. The van der Waals surface area contributed by atoms with Crippen LogP contribution in [0.4, 0.5) is 35.2 Å². The number of carbonyl (C=O) groups is 2. The van der Waals surface area contributed by atoms with Gasteiger partial charge in [0.15, 0.2) is 0 Å². The standard InChI is InChI=1S/C24H19F3N6O3/c25-24(26,27)17-11-19(29-21(34)10-16-6-2-1-3-7-16)13-20(12-17)30-23(35)31-22-15-33(32-36-22)14-18-8-4-5-9-28-18/h1-9,11-13,15H,10,14H2,(H2-,29,30,31,32,34,35)/p+1. The molecule has 12 heteroatoms. The maximum atomic E-state index is 13.4. The van der Waals surface area contributed by atoms with Gasteiger partial charge in [-0.2, -0.15) is 13.2 Å². The number of anilines is 3. The molecule has 2 aromatic carbocycles. The van der Waals surface area contributed by atoms with Crippen LogP contribution in [-0.2, 0) is 23.9 Å². The van der Waals surface area contributed by atoms with E-state index in [0.717, 1.165) is 12.1 Å². The molecule has 0 spiro atoms. The molecule has 36 heavy (non-hydrogen) atoms. The summed E-state index contributed by atoms with van der Waals surface area (Å²) in [6.45, 7) is 0.285. The van der Waals surface area contributed by atoms with Gasteiger partial charge >= 0.3 is 18.1 Å². The molecule has 4 aromatic rings. The smallest absolute Gasteiger partial charge is 0.326 e. The molecule has 4 rings (SSSR count). The van der Waals surface area contributed by atoms with E-state index in [4.69, 9.17) is 4.52 Å². The van der Waals surface area contributed by atoms with Gasteiger partial charge in [0.1, 0.15) is 5.69 Å². The highest BCUT2D eigenvalue weighted by Crippen LogP contribution is 2.33. The van der Waals surface area contributed by atoms with Crippen LogP contribution in [-0.4, -0.2) is 22.2 Å². The number of carbonyl (C=O) groups excluding carboxylic acids is 2. The van der Waals surface area contributed by atoms with Crippen LogP contribution in [0.2, 0.25) is 0 Å². The van der Waals surface area contributed by atoms with E-state index < -0.39 is 23.7 Å². The summed E-state index contributed by atoms with van der Waals surface area (Å²) in [5, 5.41) is 10.9. The molecule has 2 aromatic heterocycles. The van der Waals surface area contributed by atoms with Gasteiger partial charge in [-0.05, 0) is 40.6 Å². The Bertz CT molecular complexity index is 1340. The molecule has 0 saturated heterocycles. The Hall–Kier alpha value is -4.74. The molecule has 0 bridgehead atoms. The molecule has 9 nitrogen and oxygen atoms in total. The summed E-state index contributed by atoms with van der Waals surface area (Å²) in [7, 11) is 0. The van der Waals surface area contributed by atoms with Crippen molar-refractivity contribution in [2.24, 2.45) is 0 Å². The fourth-order valence-electron chi connectivity index (χ4n) is 3.26. The molecule has 3 amide bonds. The molecule has 0 aliphatic rings. The highest BCUT2D eigenvalue weighted by atomic mass is 19.4. The second kappa shape index (κ2) is 10.7. The minimum atomic E-state index is -4.70. The summed E-state index contributed by atoms with van der Waals surface area (Å²) in [6, 6.07) is 16.0. The predicted octanol–water partition coefficient (Wildman–Crippen LogP) is 4.25. The van der Waals surface area contributed by atoms with Gasteiger partial charge in [-0.15, -0.1) is 0 Å². The maximum absolute atomic E-state index is 13.4. The van der Waals surface area contributed by atoms with Crippen molar-refractivity contribution in [2.45, 2.75) is 19.1 Å². The fraction of sp³-hybridized carbons (Fsp3) is 0.125. The van der Waals surface area contributed by atoms with Crippen LogP contribution >= 0.6 is 0 Å². The SMILES string of the molecule is O=C(Cc1ccccc1)Nc1cc(NC(=O)Nc2c[n+](Cc3ccccn3)no2)cc(C(F)(F)F)c1. The summed E-state index contributed by atoms with van der Waals surface area (Å²) in [5.41, 5.74) is 0.0694. The number of benzene rings is 2. The van der Waals surface area contributed by atoms with E-state index in [1.54, 1.807) is 48.7 Å². The van der Waals surface area contributed by atoms with E-state index in [2.05, 4.69) is 26.2 Å². The van der Waals surface area contributed by atoms with Crippen molar-refractivity contribution in [3.63, 3.8) is 0 Å². The van der Waals surface area contributed by atoms with Gasteiger partial charge in [-0.3, -0.25) is 19.6 Å². The first-order chi connectivity index (χ1) is 17.2. The third kappa shape index (κ3) is 6.88. The average Bonchev–Trinajstić information content (AvgIpc) is 3.26. The van der Waals surface area contributed by atoms with Crippen molar-refractivity contribution in [2.75, 3.05) is 16.0 Å². The molecule has 2 heterocycles. The average molecular weight is 497 g/mol. The topological polar surface area (TPSA) is 113 Å². The molecular formula is C24H20F3N6O3+. The zero-order valence-corrected chi connectivity index (χ0v) is 18.6. The van der Waals surface area contributed by atoms with Crippen LogP contribution in [0.5, 0.6) is 0 Å². The summed E-state index contributed by atoms with van der Waals surface area (Å²) in [6.07, 6.45) is -1.70. The predicted molar refractivity (Wildman–Crippen MR) is 123 cm³/mol. The highest BCUT2D eigenvalue weighted by Gasteiger charge is 2.31. The van der Waals surface area contributed by atoms with Crippen molar-refractivity contribution in [3.05, 3.63) is 95.9 Å². The molecule has 0 unspecified atom stereocenters. The zero-order chi connectivity index (χ0) is 25.5. The second-order valence-corrected chi connectivity index (χ2v) is 7.67. The third-order valence-electron chi connectivity index (χ3n) is 4.81. The number of aromatic nitrogens is 3. The van der Waals surface area contributed by atoms with Crippen LogP contribution < -0.4 is 20.6 Å². The maximum Gasteiger partial charge on any atom is 0.416 e. The van der Waals surface area contributed by atoms with Crippen molar-refractivity contribution in [1.82, 2.24) is 10.3 Å². The lowest BCUT2D eigenvalue weighted by Gasteiger charge is -2.14. The Kier molecular flexibility index (Phi) is 7.23. The molecule has 0 saturated carbocycles. The number of nitrogens with zero attached hydrogens (tertiary/aromatic N) is 3. The minimum Gasteiger partial charge on any atom is -0.326 e. The first kappa shape index (κ1) is 24.4. The van der Waals surface area contributed by atoms with Crippen LogP contribution in [0.25, 0.3) is 0 Å². The van der Waals surface area contributed by atoms with Gasteiger partial charge in [0.2, 0.25) is 17.7 Å². The number of urea groups is 1. The van der Waals surface area contributed by atoms with Crippen molar-refractivity contribution in [1.29, 1.82) is 0 Å². The van der Waals surface area contributed by atoms with E-state index in [1.807, 2.05) is 6.07 Å². The summed E-state index contributed by atoms with van der Waals surface area (Å²) in [4.78, 5) is 28.9. The Labute approximate surface area is 202 Å². The molecule has 0 atom stereocenters. The largest absolute Gasteiger partial charge is 0.416 e. The Balaban J connectivity index is 1.43. The molecule has 0 radical (unpaired) electrons. The number of alkyl halides is 3. The van der Waals surface area contributed by atoms with E-state index in [9.17, 15) is 22.8 Å². The van der Waals surface area contributed by atoms with Crippen molar-refractivity contribution in [3.8, 4) is 0 Å². The van der Waals surface area contributed by atoms with E-state index in [-0.39, 0.29) is 30.2 Å². The lowest BCUT2D eigenvalue weighted by Crippen LogP contribution is -2.35. The van der Waals surface area contributed by atoms with Crippen molar-refractivity contribution >= 4 is 29.2 Å². The Morgan fingerprint density at radius 1 is 0.917 bits per heavy atom. The Morgan fingerprint density at radius 3 is 2.33 bits per heavy atom. The number of amides is 3. The molecule has 0 fully saturated rings. The minimum absolute atomic E-state index is 0.0235. The molecule has 0 aliphatic heterocycles. The fourth-order valence-corrected chi connectivity index (χ4v) is 3.26. The molecular weight excluding hydrogens is 477 g/mol. The number of rotatable bonds is 7. The first-order valence-electron chi connectivity index (χ1n) is 10.6. The highest BCUT2D eigenvalue weighted by molar-refractivity contribution is 6.00. The van der Waals surface area contributed by atoms with Crippen molar-refractivity contribution < 1.29 is 32.0 Å². The van der Waals surface area contributed by atoms with Crippen LogP contribution in [0, 0.1) is 0 Å². The van der Waals surface area contributed by atoms with Gasteiger partial charge in [-0.1, -0.05) is 36.4 Å². The van der Waals surface area contributed by atoms with Gasteiger partial charge in [0.25, 0.3) is 6.20 Å². The summed E-state index contributed by atoms with van der Waals surface area (Å²) >= 11 is 0. The quantitative estimate of drug-likeness (QED) is 0.331. The van der Waals surface area contributed by atoms with Gasteiger partial charge in [-0.25, -0.2) is 4.79 Å². The van der Waals surface area contributed by atoms with Crippen LogP contribution in [0.1, 0.15) is 16.8 Å². The summed E-state index contributed by atoms with van der Waals surface area (Å²) < 4.78 is 46.7. The third-order valence-corrected chi connectivity index (χ3v) is 4.81. The lowest BCUT2D eigenvalue weighted by atomic mass is 10.1. The lowest BCUT2D eigenvalue weighted by molar-refractivity contribution is -0.755. The zero-order valence-electron chi connectivity index (χ0n) is 18.6. The Morgan fingerprint density at radius 2 is 1.64 bits per heavy atom. The second-order valence-electron chi connectivity index (χ2n) is 7.67. The monoisotopic (exact) mass is 497 g/mol. The van der Waals surface area contributed by atoms with E-state index >= 15 is 0 Å². The number of hydrogen-bond acceptors (Lipinski definition) is 5. The molecule has 3 N–H and O–H groups in total. The normalized spacial score (nSPS) is 11.1. The van der Waals surface area contributed by atoms with Gasteiger partial charge < -0.3 is 10.6 Å². The van der Waals surface area contributed by atoms with E-state index in [1.165, 1.54) is 16.9 Å². The molecule has 184 valence electrons. The van der Waals surface area contributed by atoms with Crippen LogP contribution in [0.3, 0.4) is 0 Å². The van der Waals surface area contributed by atoms with E-state index in [0.29, 0.717) is 11.3 Å². The number of nitrogens with one attached hydrogen (secondary N) is 3. The van der Waals surface area contributed by atoms with Gasteiger partial charge in [0, 0.05) is 17.6 Å². The van der Waals surface area contributed by atoms with Crippen LogP contribution in [0.15, 0.2) is 83.6 Å². The number of pyridine rings is 1. The number of hydrogen-bond donors (Lipinski definition) is 3. The summed E-state index contributed by atoms with van der Waals surface area (Å²) in [5.74, 6) is -0.540.